The van der Waals surface area contributed by atoms with E-state index in [1.807, 2.05) is 4.90 Å². The van der Waals surface area contributed by atoms with Gasteiger partial charge in [0.2, 0.25) is 5.95 Å². The molecular formula is C24H24F2N4O3. The summed E-state index contributed by atoms with van der Waals surface area (Å²) in [4.78, 5) is 23.3. The molecule has 2 aliphatic rings. The molecule has 1 spiro atoms. The highest BCUT2D eigenvalue weighted by Crippen LogP contribution is 2.49. The van der Waals surface area contributed by atoms with Crippen LogP contribution in [0.15, 0.2) is 47.1 Å². The van der Waals surface area contributed by atoms with E-state index in [0.717, 1.165) is 20.0 Å². The number of benzene rings is 1. The Morgan fingerprint density at radius 3 is 2.64 bits per heavy atom. The van der Waals surface area contributed by atoms with Crippen LogP contribution < -0.4 is 10.2 Å². The molecule has 1 aliphatic carbocycles. The number of carboxylic acids is 1. The number of carbonyl (C=O) groups is 1. The molecule has 2 N–H and O–H groups in total. The summed E-state index contributed by atoms with van der Waals surface area (Å²) >= 11 is 0. The third-order valence-electron chi connectivity index (χ3n) is 6.51. The topological polar surface area (TPSA) is 91.5 Å². The fourth-order valence-electron chi connectivity index (χ4n) is 4.55. The van der Waals surface area contributed by atoms with Crippen molar-refractivity contribution in [3.8, 4) is 11.5 Å². The lowest BCUT2D eigenvalue weighted by Crippen LogP contribution is -2.60. The van der Waals surface area contributed by atoms with Gasteiger partial charge in [0.25, 0.3) is 5.92 Å². The maximum Gasteiger partial charge on any atom is 0.341 e. The van der Waals surface area contributed by atoms with E-state index >= 15 is 0 Å². The van der Waals surface area contributed by atoms with Gasteiger partial charge in [0.1, 0.15) is 17.1 Å². The van der Waals surface area contributed by atoms with Crippen LogP contribution in [-0.2, 0) is 12.5 Å². The van der Waals surface area contributed by atoms with Gasteiger partial charge in [-0.2, -0.15) is 4.98 Å². The minimum atomic E-state index is -2.97. The molecule has 2 fully saturated rings. The Morgan fingerprint density at radius 1 is 1.24 bits per heavy atom. The van der Waals surface area contributed by atoms with E-state index in [0.29, 0.717) is 22.7 Å². The number of carboxylic acid groups (broad SMARTS) is 1. The summed E-state index contributed by atoms with van der Waals surface area (Å²) in [5.74, 6) is -3.29. The highest BCUT2D eigenvalue weighted by molar-refractivity contribution is 5.99. The van der Waals surface area contributed by atoms with Crippen LogP contribution in [0.25, 0.3) is 11.5 Å². The number of rotatable bonds is 7. The minimum absolute atomic E-state index is 0.105. The van der Waals surface area contributed by atoms with Crippen molar-refractivity contribution in [3.05, 3.63) is 59.4 Å². The summed E-state index contributed by atoms with van der Waals surface area (Å²) in [7, 11) is 0. The van der Waals surface area contributed by atoms with E-state index in [2.05, 4.69) is 15.3 Å². The Balaban J connectivity index is 1.49. The first-order valence-corrected chi connectivity index (χ1v) is 10.9. The standard InChI is InChI=1S/C24H24F2N4O3/c1-23(25,26)16-6-2-5-15(11-16)12-27-20-18(21(31)32)19(17-7-3-10-33-17)28-22(29-20)30-13-24(14-30)8-4-9-24/h2-3,5-7,10-11H,4,8-9,12-14H2,1H3,(H,31,32)(H,27,28,29). The summed E-state index contributed by atoms with van der Waals surface area (Å²) in [5, 5.41) is 13.0. The smallest absolute Gasteiger partial charge is 0.341 e. The minimum Gasteiger partial charge on any atom is -0.477 e. The number of hydrogen-bond acceptors (Lipinski definition) is 6. The predicted molar refractivity (Wildman–Crippen MR) is 119 cm³/mol. The second kappa shape index (κ2) is 7.83. The molecule has 1 aromatic carbocycles. The molecule has 172 valence electrons. The van der Waals surface area contributed by atoms with Gasteiger partial charge in [-0.05, 0) is 36.6 Å². The molecule has 1 aliphatic heterocycles. The van der Waals surface area contributed by atoms with E-state index < -0.39 is 11.9 Å². The Labute approximate surface area is 189 Å². The lowest BCUT2D eigenvalue weighted by Gasteiger charge is -2.55. The fourth-order valence-corrected chi connectivity index (χ4v) is 4.55. The fraction of sp³-hybridized carbons (Fsp3) is 0.375. The van der Waals surface area contributed by atoms with E-state index in [1.165, 1.54) is 37.7 Å². The molecule has 9 heteroatoms. The summed E-state index contributed by atoms with van der Waals surface area (Å²) in [6, 6.07) is 9.34. The van der Waals surface area contributed by atoms with E-state index in [4.69, 9.17) is 4.42 Å². The molecule has 0 bridgehead atoms. The van der Waals surface area contributed by atoms with Crippen molar-refractivity contribution in [3.63, 3.8) is 0 Å². The molecule has 0 radical (unpaired) electrons. The van der Waals surface area contributed by atoms with Crippen LogP contribution in [0, 0.1) is 5.41 Å². The van der Waals surface area contributed by atoms with Crippen LogP contribution in [0.5, 0.6) is 0 Å². The lowest BCUT2D eigenvalue weighted by atomic mass is 9.64. The van der Waals surface area contributed by atoms with Crippen LogP contribution in [0.1, 0.15) is 47.7 Å². The van der Waals surface area contributed by atoms with Crippen molar-refractivity contribution in [2.45, 2.75) is 38.7 Å². The second-order valence-electron chi connectivity index (χ2n) is 9.03. The first kappa shape index (κ1) is 21.4. The van der Waals surface area contributed by atoms with E-state index in [-0.39, 0.29) is 29.2 Å². The Morgan fingerprint density at radius 2 is 2.03 bits per heavy atom. The predicted octanol–water partition coefficient (Wildman–Crippen LogP) is 5.15. The van der Waals surface area contributed by atoms with Gasteiger partial charge in [-0.25, -0.2) is 18.6 Å². The van der Waals surface area contributed by atoms with Crippen molar-refractivity contribution in [2.75, 3.05) is 23.3 Å². The first-order chi connectivity index (χ1) is 15.7. The van der Waals surface area contributed by atoms with Gasteiger partial charge in [-0.15, -0.1) is 0 Å². The zero-order valence-corrected chi connectivity index (χ0v) is 18.1. The van der Waals surface area contributed by atoms with Gasteiger partial charge in [0.15, 0.2) is 5.76 Å². The average Bonchev–Trinajstić information content (AvgIpc) is 3.24. The summed E-state index contributed by atoms with van der Waals surface area (Å²) < 4.78 is 32.9. The van der Waals surface area contributed by atoms with Crippen molar-refractivity contribution in [2.24, 2.45) is 5.41 Å². The van der Waals surface area contributed by atoms with Crippen LogP contribution in [-0.4, -0.2) is 34.1 Å². The molecular weight excluding hydrogens is 430 g/mol. The Bertz CT molecular complexity index is 1180. The Hall–Kier alpha value is -3.49. The highest BCUT2D eigenvalue weighted by atomic mass is 19.3. The van der Waals surface area contributed by atoms with Gasteiger partial charge >= 0.3 is 5.97 Å². The second-order valence-corrected chi connectivity index (χ2v) is 9.03. The molecule has 0 unspecified atom stereocenters. The molecule has 0 atom stereocenters. The largest absolute Gasteiger partial charge is 0.477 e. The average molecular weight is 454 g/mol. The van der Waals surface area contributed by atoms with Crippen molar-refractivity contribution in [1.82, 2.24) is 9.97 Å². The molecule has 2 aromatic heterocycles. The zero-order valence-electron chi connectivity index (χ0n) is 18.1. The number of alkyl halides is 2. The maximum atomic E-state index is 13.7. The normalized spacial score (nSPS) is 16.9. The third-order valence-corrected chi connectivity index (χ3v) is 6.51. The summed E-state index contributed by atoms with van der Waals surface area (Å²) in [5.41, 5.74) is 0.876. The Kier molecular flexibility index (Phi) is 5.07. The van der Waals surface area contributed by atoms with E-state index in [9.17, 15) is 18.7 Å². The number of anilines is 2. The lowest BCUT2D eigenvalue weighted by molar-refractivity contribution is 0.0174. The van der Waals surface area contributed by atoms with Crippen molar-refractivity contribution >= 4 is 17.7 Å². The zero-order chi connectivity index (χ0) is 23.2. The van der Waals surface area contributed by atoms with Gasteiger partial charge < -0.3 is 19.7 Å². The highest BCUT2D eigenvalue weighted by Gasteiger charge is 2.48. The molecule has 7 nitrogen and oxygen atoms in total. The number of nitrogens with one attached hydrogen (secondary N) is 1. The molecule has 3 heterocycles. The summed E-state index contributed by atoms with van der Waals surface area (Å²) in [6.07, 6.45) is 5.06. The van der Waals surface area contributed by atoms with Gasteiger partial charge in [0, 0.05) is 37.5 Å². The molecule has 5 rings (SSSR count). The number of halogens is 2. The molecule has 3 aromatic rings. The number of nitrogens with zero attached hydrogens (tertiary/aromatic N) is 3. The van der Waals surface area contributed by atoms with Gasteiger partial charge in [0.05, 0.1) is 6.26 Å². The number of aromatic nitrogens is 2. The molecule has 1 saturated heterocycles. The first-order valence-electron chi connectivity index (χ1n) is 10.9. The van der Waals surface area contributed by atoms with Gasteiger partial charge in [-0.3, -0.25) is 0 Å². The van der Waals surface area contributed by atoms with E-state index in [1.54, 1.807) is 24.3 Å². The van der Waals surface area contributed by atoms with Crippen LogP contribution in [0.4, 0.5) is 20.5 Å². The number of furan rings is 1. The number of hydrogen-bond donors (Lipinski definition) is 2. The monoisotopic (exact) mass is 454 g/mol. The number of aromatic carboxylic acids is 1. The quantitative estimate of drug-likeness (QED) is 0.510. The SMILES string of the molecule is CC(F)(F)c1cccc(CNc2nc(N3CC4(CCC4)C3)nc(-c3ccco3)c2C(=O)O)c1. The van der Waals surface area contributed by atoms with Crippen molar-refractivity contribution < 1.29 is 23.1 Å². The maximum absolute atomic E-state index is 13.7. The third kappa shape index (κ3) is 4.03. The molecule has 1 saturated carbocycles. The van der Waals surface area contributed by atoms with Crippen LogP contribution in [0.2, 0.25) is 0 Å². The van der Waals surface area contributed by atoms with Crippen LogP contribution in [0.3, 0.4) is 0 Å². The molecule has 0 amide bonds. The molecule has 33 heavy (non-hydrogen) atoms. The van der Waals surface area contributed by atoms with Gasteiger partial charge in [-0.1, -0.05) is 24.6 Å². The summed E-state index contributed by atoms with van der Waals surface area (Å²) in [6.45, 7) is 2.65. The van der Waals surface area contributed by atoms with Crippen LogP contribution >= 0.6 is 0 Å². The van der Waals surface area contributed by atoms with Crippen molar-refractivity contribution in [1.29, 1.82) is 0 Å².